The zero-order chi connectivity index (χ0) is 11.4. The van der Waals surface area contributed by atoms with Gasteiger partial charge in [0.15, 0.2) is 0 Å². The molecule has 0 unspecified atom stereocenters. The van der Waals surface area contributed by atoms with Crippen LogP contribution in [-0.4, -0.2) is 13.1 Å². The zero-order valence-corrected chi connectivity index (χ0v) is 9.19. The van der Waals surface area contributed by atoms with E-state index >= 15 is 0 Å². The Labute approximate surface area is 96.5 Å². The Morgan fingerprint density at radius 3 is 2.88 bits per heavy atom. The Bertz CT molecular complexity index is 447. The van der Waals surface area contributed by atoms with Crippen LogP contribution in [0.2, 0.25) is 0 Å². The third-order valence-electron chi connectivity index (χ3n) is 2.80. The molecule has 1 fully saturated rings. The second kappa shape index (κ2) is 4.73. The molecule has 1 aromatic carbocycles. The molecule has 2 nitrogen and oxygen atoms in total. The fourth-order valence-electron chi connectivity index (χ4n) is 1.76. The molecule has 16 heavy (non-hydrogen) atoms. The number of anilines is 1. The minimum Gasteiger partial charge on any atom is -0.360 e. The second-order valence-electron chi connectivity index (χ2n) is 4.19. The molecule has 0 saturated heterocycles. The van der Waals surface area contributed by atoms with Crippen LogP contribution in [0.5, 0.6) is 0 Å². The molecule has 1 aliphatic carbocycles. The van der Waals surface area contributed by atoms with E-state index < -0.39 is 0 Å². The fourth-order valence-corrected chi connectivity index (χ4v) is 1.76. The quantitative estimate of drug-likeness (QED) is 0.713. The molecule has 2 heteroatoms. The van der Waals surface area contributed by atoms with Gasteiger partial charge in [0, 0.05) is 12.2 Å². The molecule has 80 valence electrons. The molecule has 0 bridgehead atoms. The van der Waals surface area contributed by atoms with Gasteiger partial charge in [0.2, 0.25) is 0 Å². The van der Waals surface area contributed by atoms with Gasteiger partial charge < -0.3 is 4.90 Å². The van der Waals surface area contributed by atoms with Crippen LogP contribution in [0.1, 0.15) is 18.4 Å². The lowest BCUT2D eigenvalue weighted by atomic mass is 10.2. The van der Waals surface area contributed by atoms with E-state index in [0.717, 1.165) is 18.2 Å². The predicted molar refractivity (Wildman–Crippen MR) is 64.9 cm³/mol. The number of nitriles is 1. The first-order valence-electron chi connectivity index (χ1n) is 5.52. The highest BCUT2D eigenvalue weighted by Gasteiger charge is 2.24. The van der Waals surface area contributed by atoms with Gasteiger partial charge in [-0.3, -0.25) is 0 Å². The molecule has 0 N–H and O–H groups in total. The number of terminal acetylenes is 1. The predicted octanol–water partition coefficient (Wildman–Crippen LogP) is 2.41. The lowest BCUT2D eigenvalue weighted by molar-refractivity contribution is 0.765. The number of hydrogen-bond donors (Lipinski definition) is 0. The van der Waals surface area contributed by atoms with Crippen molar-refractivity contribution in [2.75, 3.05) is 18.0 Å². The maximum Gasteiger partial charge on any atom is 0.0992 e. The third kappa shape index (κ3) is 2.55. The summed E-state index contributed by atoms with van der Waals surface area (Å²) >= 11 is 0. The lowest BCUT2D eigenvalue weighted by Crippen LogP contribution is -2.25. The molecule has 1 saturated carbocycles. The SMILES string of the molecule is C#CCN(CC1CC1)c1cccc(C#N)c1. The minimum atomic E-state index is 0.616. The van der Waals surface area contributed by atoms with Crippen molar-refractivity contribution in [1.29, 1.82) is 5.26 Å². The van der Waals surface area contributed by atoms with Gasteiger partial charge in [-0.15, -0.1) is 6.42 Å². The van der Waals surface area contributed by atoms with Crippen molar-refractivity contribution in [2.45, 2.75) is 12.8 Å². The molecule has 0 spiro atoms. The summed E-state index contributed by atoms with van der Waals surface area (Å²) in [5.74, 6) is 3.47. The van der Waals surface area contributed by atoms with Gasteiger partial charge in [0.05, 0.1) is 18.2 Å². The Morgan fingerprint density at radius 2 is 2.25 bits per heavy atom. The number of hydrogen-bond acceptors (Lipinski definition) is 2. The van der Waals surface area contributed by atoms with Crippen LogP contribution in [0.3, 0.4) is 0 Å². The van der Waals surface area contributed by atoms with Crippen LogP contribution in [0, 0.1) is 29.6 Å². The highest BCUT2D eigenvalue weighted by atomic mass is 15.1. The second-order valence-corrected chi connectivity index (χ2v) is 4.19. The van der Waals surface area contributed by atoms with Crippen molar-refractivity contribution in [3.05, 3.63) is 29.8 Å². The lowest BCUT2D eigenvalue weighted by Gasteiger charge is -2.22. The molecule has 2 rings (SSSR count). The van der Waals surface area contributed by atoms with Gasteiger partial charge in [0.25, 0.3) is 0 Å². The Morgan fingerprint density at radius 1 is 1.44 bits per heavy atom. The first-order valence-corrected chi connectivity index (χ1v) is 5.52. The Balaban J connectivity index is 2.16. The summed E-state index contributed by atoms with van der Waals surface area (Å²) in [5, 5.41) is 8.86. The standard InChI is InChI=1S/C14H14N2/c1-2-8-16(11-12-6-7-12)14-5-3-4-13(9-14)10-15/h1,3-5,9,12H,6-8,11H2. The minimum absolute atomic E-state index is 0.616. The van der Waals surface area contributed by atoms with E-state index in [0.29, 0.717) is 12.1 Å². The topological polar surface area (TPSA) is 27.0 Å². The van der Waals surface area contributed by atoms with E-state index in [1.165, 1.54) is 12.8 Å². The van der Waals surface area contributed by atoms with Gasteiger partial charge in [-0.25, -0.2) is 0 Å². The van der Waals surface area contributed by atoms with E-state index in [4.69, 9.17) is 11.7 Å². The normalized spacial score (nSPS) is 13.9. The summed E-state index contributed by atoms with van der Waals surface area (Å²) in [6, 6.07) is 9.79. The summed E-state index contributed by atoms with van der Waals surface area (Å²) in [5.41, 5.74) is 1.75. The van der Waals surface area contributed by atoms with Gasteiger partial charge in [-0.05, 0) is 37.0 Å². The van der Waals surface area contributed by atoms with Gasteiger partial charge in [0.1, 0.15) is 0 Å². The first kappa shape index (κ1) is 10.6. The average Bonchev–Trinajstić information content (AvgIpc) is 3.12. The van der Waals surface area contributed by atoms with Crippen molar-refractivity contribution in [1.82, 2.24) is 0 Å². The number of rotatable bonds is 4. The van der Waals surface area contributed by atoms with Crippen LogP contribution in [0.4, 0.5) is 5.69 Å². The maximum absolute atomic E-state index is 8.86. The number of benzene rings is 1. The van der Waals surface area contributed by atoms with Gasteiger partial charge in [-0.2, -0.15) is 5.26 Å². The van der Waals surface area contributed by atoms with Crippen molar-refractivity contribution in [3.63, 3.8) is 0 Å². The Hall–Kier alpha value is -1.93. The smallest absolute Gasteiger partial charge is 0.0992 e. The molecular weight excluding hydrogens is 196 g/mol. The van der Waals surface area contributed by atoms with Gasteiger partial charge in [-0.1, -0.05) is 12.0 Å². The molecule has 0 aromatic heterocycles. The first-order chi connectivity index (χ1) is 7.83. The summed E-state index contributed by atoms with van der Waals surface area (Å²) < 4.78 is 0. The van der Waals surface area contributed by atoms with E-state index in [1.54, 1.807) is 0 Å². The maximum atomic E-state index is 8.86. The van der Waals surface area contributed by atoms with E-state index in [1.807, 2.05) is 24.3 Å². The molecule has 0 heterocycles. The van der Waals surface area contributed by atoms with Crippen LogP contribution in [-0.2, 0) is 0 Å². The fraction of sp³-hybridized carbons (Fsp3) is 0.357. The van der Waals surface area contributed by atoms with Crippen LogP contribution < -0.4 is 4.90 Å². The van der Waals surface area contributed by atoms with Crippen molar-refractivity contribution >= 4 is 5.69 Å². The largest absolute Gasteiger partial charge is 0.360 e. The van der Waals surface area contributed by atoms with Crippen molar-refractivity contribution in [3.8, 4) is 18.4 Å². The van der Waals surface area contributed by atoms with E-state index in [9.17, 15) is 0 Å². The number of nitrogens with zero attached hydrogens (tertiary/aromatic N) is 2. The molecule has 0 radical (unpaired) electrons. The highest BCUT2D eigenvalue weighted by Crippen LogP contribution is 2.31. The average molecular weight is 210 g/mol. The summed E-state index contributed by atoms with van der Waals surface area (Å²) in [4.78, 5) is 2.18. The molecule has 0 atom stereocenters. The summed E-state index contributed by atoms with van der Waals surface area (Å²) in [6.45, 7) is 1.63. The Kier molecular flexibility index (Phi) is 3.13. The summed E-state index contributed by atoms with van der Waals surface area (Å²) in [6.07, 6.45) is 7.99. The van der Waals surface area contributed by atoms with Crippen molar-refractivity contribution in [2.24, 2.45) is 5.92 Å². The molecular formula is C14H14N2. The molecule has 0 aliphatic heterocycles. The van der Waals surface area contributed by atoms with Crippen LogP contribution in [0.15, 0.2) is 24.3 Å². The molecule has 0 amide bonds. The molecule has 1 aliphatic rings. The highest BCUT2D eigenvalue weighted by molar-refractivity contribution is 5.52. The van der Waals surface area contributed by atoms with Crippen molar-refractivity contribution < 1.29 is 0 Å². The van der Waals surface area contributed by atoms with E-state index in [-0.39, 0.29) is 0 Å². The van der Waals surface area contributed by atoms with Gasteiger partial charge >= 0.3 is 0 Å². The van der Waals surface area contributed by atoms with Crippen LogP contribution in [0.25, 0.3) is 0 Å². The third-order valence-corrected chi connectivity index (χ3v) is 2.80. The zero-order valence-electron chi connectivity index (χ0n) is 9.19. The molecule has 1 aromatic rings. The van der Waals surface area contributed by atoms with Crippen LogP contribution >= 0.6 is 0 Å². The van der Waals surface area contributed by atoms with E-state index in [2.05, 4.69) is 16.9 Å². The monoisotopic (exact) mass is 210 g/mol. The summed E-state index contributed by atoms with van der Waals surface area (Å²) in [7, 11) is 0.